The van der Waals surface area contributed by atoms with Gasteiger partial charge in [0.25, 0.3) is 0 Å². The molecule has 2 unspecified atom stereocenters. The van der Waals surface area contributed by atoms with Gasteiger partial charge in [-0.3, -0.25) is 4.79 Å². The maximum absolute atomic E-state index is 13.3. The highest BCUT2D eigenvalue weighted by molar-refractivity contribution is 5.80. The highest BCUT2D eigenvalue weighted by Crippen LogP contribution is 2.43. The fraction of sp³-hybridized carbons (Fsp3) is 0.409. The lowest BCUT2D eigenvalue weighted by Crippen LogP contribution is -2.43. The van der Waals surface area contributed by atoms with Crippen LogP contribution < -0.4 is 9.47 Å². The Bertz CT molecular complexity index is 1110. The minimum atomic E-state index is 0.0813. The molecule has 1 fully saturated rings. The number of methoxy groups -OCH3 is 2. The predicted molar refractivity (Wildman–Crippen MR) is 107 cm³/mol. The zero-order chi connectivity index (χ0) is 20.1. The third-order valence-corrected chi connectivity index (χ3v) is 6.12. The van der Waals surface area contributed by atoms with E-state index in [4.69, 9.17) is 9.47 Å². The van der Waals surface area contributed by atoms with E-state index >= 15 is 0 Å². The van der Waals surface area contributed by atoms with Gasteiger partial charge in [0.15, 0.2) is 17.1 Å². The first kappa shape index (κ1) is 18.0. The number of benzene rings is 1. The second kappa shape index (κ2) is 6.76. The van der Waals surface area contributed by atoms with E-state index < -0.39 is 0 Å². The minimum absolute atomic E-state index is 0.0813. The molecule has 2 aromatic heterocycles. The molecule has 29 heavy (non-hydrogen) atoms. The number of amides is 1. The van der Waals surface area contributed by atoms with Crippen molar-refractivity contribution in [2.24, 2.45) is 0 Å². The van der Waals surface area contributed by atoms with Gasteiger partial charge in [-0.05, 0) is 37.5 Å². The van der Waals surface area contributed by atoms with E-state index in [0.29, 0.717) is 17.9 Å². The Morgan fingerprint density at radius 1 is 1.17 bits per heavy atom. The molecule has 0 spiro atoms. The van der Waals surface area contributed by atoms with Crippen molar-refractivity contribution in [1.82, 2.24) is 19.5 Å². The Morgan fingerprint density at radius 3 is 2.79 bits per heavy atom. The summed E-state index contributed by atoms with van der Waals surface area (Å²) in [5, 5.41) is 4.62. The number of carbonyl (C=O) groups excluding carboxylic acids is 1. The van der Waals surface area contributed by atoms with Crippen LogP contribution in [0.3, 0.4) is 0 Å². The van der Waals surface area contributed by atoms with E-state index in [9.17, 15) is 4.79 Å². The number of hydrogen-bond donors (Lipinski definition) is 0. The van der Waals surface area contributed by atoms with Crippen LogP contribution in [0.5, 0.6) is 11.5 Å². The van der Waals surface area contributed by atoms with Crippen LogP contribution in [0, 0.1) is 6.92 Å². The summed E-state index contributed by atoms with van der Waals surface area (Å²) in [5.74, 6) is 1.46. The number of nitrogens with zero attached hydrogens (tertiary/aromatic N) is 4. The summed E-state index contributed by atoms with van der Waals surface area (Å²) in [6.07, 6.45) is 5.10. The molecule has 2 atom stereocenters. The third-order valence-electron chi connectivity index (χ3n) is 6.12. The van der Waals surface area contributed by atoms with Crippen molar-refractivity contribution in [3.8, 4) is 11.5 Å². The molecule has 2 bridgehead atoms. The standard InChI is InChI=1S/C22H24N4O3/c1-13-8-21-23-12-16-17-6-5-15(11-18(16)26(21)24-13)25(17)22(27)10-14-4-7-19(28-2)20(9-14)29-3/h4,7-9,12,15,17H,5-6,10-11H2,1-3H3. The molecule has 7 nitrogen and oxygen atoms in total. The minimum Gasteiger partial charge on any atom is -0.493 e. The van der Waals surface area contributed by atoms with Gasteiger partial charge in [0.2, 0.25) is 5.91 Å². The van der Waals surface area contributed by atoms with Gasteiger partial charge in [0.05, 0.1) is 38.1 Å². The zero-order valence-corrected chi connectivity index (χ0v) is 16.9. The molecule has 1 amide bonds. The van der Waals surface area contributed by atoms with Crippen LogP contribution in [0.15, 0.2) is 30.5 Å². The van der Waals surface area contributed by atoms with Crippen LogP contribution >= 0.6 is 0 Å². The number of fused-ring (bicyclic) bond motifs is 6. The predicted octanol–water partition coefficient (Wildman–Crippen LogP) is 2.89. The molecule has 2 aliphatic heterocycles. The average Bonchev–Trinajstić information content (AvgIpc) is 3.26. The molecule has 4 heterocycles. The molecule has 0 radical (unpaired) electrons. The van der Waals surface area contributed by atoms with E-state index in [2.05, 4.69) is 15.0 Å². The van der Waals surface area contributed by atoms with Crippen LogP contribution in [-0.4, -0.2) is 45.7 Å². The summed E-state index contributed by atoms with van der Waals surface area (Å²) >= 11 is 0. The van der Waals surface area contributed by atoms with Gasteiger partial charge in [-0.2, -0.15) is 5.10 Å². The van der Waals surface area contributed by atoms with Crippen LogP contribution in [-0.2, 0) is 17.6 Å². The van der Waals surface area contributed by atoms with Gasteiger partial charge in [-0.1, -0.05) is 6.07 Å². The van der Waals surface area contributed by atoms with Crippen molar-refractivity contribution in [1.29, 1.82) is 0 Å². The second-order valence-electron chi connectivity index (χ2n) is 7.83. The maximum Gasteiger partial charge on any atom is 0.227 e. The van der Waals surface area contributed by atoms with Crippen LogP contribution in [0.2, 0.25) is 0 Å². The Kier molecular flexibility index (Phi) is 4.19. The van der Waals surface area contributed by atoms with Gasteiger partial charge in [-0.25, -0.2) is 9.50 Å². The first-order valence-corrected chi connectivity index (χ1v) is 9.95. The smallest absolute Gasteiger partial charge is 0.227 e. The summed E-state index contributed by atoms with van der Waals surface area (Å²) in [6, 6.07) is 7.96. The topological polar surface area (TPSA) is 69.0 Å². The lowest BCUT2D eigenvalue weighted by Gasteiger charge is -2.36. The van der Waals surface area contributed by atoms with E-state index in [-0.39, 0.29) is 18.0 Å². The van der Waals surface area contributed by atoms with Gasteiger partial charge in [0, 0.05) is 30.3 Å². The van der Waals surface area contributed by atoms with Gasteiger partial charge in [0.1, 0.15) is 0 Å². The Balaban J connectivity index is 1.44. The molecule has 7 heteroatoms. The van der Waals surface area contributed by atoms with Crippen LogP contribution in [0.4, 0.5) is 0 Å². The molecule has 1 saturated heterocycles. The van der Waals surface area contributed by atoms with Crippen LogP contribution in [0.25, 0.3) is 5.65 Å². The highest BCUT2D eigenvalue weighted by Gasteiger charge is 2.43. The van der Waals surface area contributed by atoms with Gasteiger partial charge >= 0.3 is 0 Å². The second-order valence-corrected chi connectivity index (χ2v) is 7.83. The first-order chi connectivity index (χ1) is 14.1. The quantitative estimate of drug-likeness (QED) is 0.683. The summed E-state index contributed by atoms with van der Waals surface area (Å²) < 4.78 is 12.6. The van der Waals surface area contributed by atoms with Crippen LogP contribution in [0.1, 0.15) is 41.4 Å². The fourth-order valence-corrected chi connectivity index (χ4v) is 4.84. The molecule has 0 saturated carbocycles. The van der Waals surface area contributed by atoms with E-state index in [1.807, 2.05) is 41.9 Å². The number of hydrogen-bond acceptors (Lipinski definition) is 5. The Morgan fingerprint density at radius 2 is 2.00 bits per heavy atom. The fourth-order valence-electron chi connectivity index (χ4n) is 4.84. The van der Waals surface area contributed by atoms with Crippen molar-refractivity contribution in [2.75, 3.05) is 14.2 Å². The Labute approximate surface area is 169 Å². The molecular weight excluding hydrogens is 368 g/mol. The number of aryl methyl sites for hydroxylation is 1. The van der Waals surface area contributed by atoms with Crippen molar-refractivity contribution in [3.05, 3.63) is 53.0 Å². The molecule has 150 valence electrons. The number of ether oxygens (including phenoxy) is 2. The first-order valence-electron chi connectivity index (χ1n) is 9.95. The number of aromatic nitrogens is 3. The maximum atomic E-state index is 13.3. The summed E-state index contributed by atoms with van der Waals surface area (Å²) in [7, 11) is 3.22. The molecule has 2 aliphatic rings. The summed E-state index contributed by atoms with van der Waals surface area (Å²) in [4.78, 5) is 19.9. The molecule has 1 aromatic carbocycles. The van der Waals surface area contributed by atoms with Gasteiger partial charge < -0.3 is 14.4 Å². The molecule has 3 aromatic rings. The lowest BCUT2D eigenvalue weighted by atomic mass is 9.98. The number of carbonyl (C=O) groups is 1. The van der Waals surface area contributed by atoms with E-state index in [1.54, 1.807) is 14.2 Å². The molecule has 0 N–H and O–H groups in total. The highest BCUT2D eigenvalue weighted by atomic mass is 16.5. The van der Waals surface area contributed by atoms with Crippen molar-refractivity contribution < 1.29 is 14.3 Å². The average molecular weight is 392 g/mol. The van der Waals surface area contributed by atoms with E-state index in [1.165, 1.54) is 5.69 Å². The Hall–Kier alpha value is -3.09. The van der Waals surface area contributed by atoms with E-state index in [0.717, 1.165) is 41.7 Å². The zero-order valence-electron chi connectivity index (χ0n) is 16.9. The molecule has 0 aliphatic carbocycles. The normalized spacial score (nSPS) is 20.0. The summed E-state index contributed by atoms with van der Waals surface area (Å²) in [6.45, 7) is 1.98. The van der Waals surface area contributed by atoms with Crippen molar-refractivity contribution in [2.45, 2.75) is 44.7 Å². The monoisotopic (exact) mass is 392 g/mol. The molecule has 5 rings (SSSR count). The lowest BCUT2D eigenvalue weighted by molar-refractivity contribution is -0.134. The van der Waals surface area contributed by atoms with Gasteiger partial charge in [-0.15, -0.1) is 0 Å². The largest absolute Gasteiger partial charge is 0.493 e. The third kappa shape index (κ3) is 2.84. The number of rotatable bonds is 4. The SMILES string of the molecule is COc1ccc(CC(=O)N2C3CCC2c2cnc4cc(C)nn4c2C3)cc1OC. The molecular formula is C22H24N4O3. The van der Waals surface area contributed by atoms with Crippen molar-refractivity contribution in [3.63, 3.8) is 0 Å². The van der Waals surface area contributed by atoms with Crippen molar-refractivity contribution >= 4 is 11.6 Å². The summed E-state index contributed by atoms with van der Waals surface area (Å²) in [5.41, 5.74) is 5.10.